The first kappa shape index (κ1) is 18.5. The van der Waals surface area contributed by atoms with Gasteiger partial charge in [-0.1, -0.05) is 30.3 Å². The molecule has 2 heterocycles. The Hall–Kier alpha value is -1.31. The van der Waals surface area contributed by atoms with E-state index in [4.69, 9.17) is 23.7 Å². The molecule has 4 atom stereocenters. The molecule has 2 fully saturated rings. The Morgan fingerprint density at radius 1 is 1.12 bits per heavy atom. The third-order valence-electron chi connectivity index (χ3n) is 4.30. The molecule has 0 saturated carbocycles. The number of carbonyl (C=O) groups is 1. The average Bonchev–Trinajstić information content (AvgIpc) is 3.07. The maximum Gasteiger partial charge on any atom is 0.164 e. The van der Waals surface area contributed by atoms with Crippen molar-refractivity contribution in [2.45, 2.75) is 70.3 Å². The van der Waals surface area contributed by atoms with E-state index < -0.39 is 29.9 Å². The summed E-state index contributed by atoms with van der Waals surface area (Å²) in [6.45, 7) is 8.04. The van der Waals surface area contributed by atoms with Crippen LogP contribution < -0.4 is 0 Å². The van der Waals surface area contributed by atoms with Gasteiger partial charge in [0.1, 0.15) is 24.4 Å². The Kier molecular flexibility index (Phi) is 5.27. The number of aldehydes is 1. The Morgan fingerprint density at radius 2 is 1.84 bits per heavy atom. The van der Waals surface area contributed by atoms with Crippen molar-refractivity contribution in [1.29, 1.82) is 0 Å². The quantitative estimate of drug-likeness (QED) is 0.735. The van der Waals surface area contributed by atoms with E-state index >= 15 is 0 Å². The SMILES string of the molecule is CC1(C)OC[C@@H]([C@@H](OCc2ccccc2)[C@@H]2OC(C)(C)O[C@@H]2C=O)O1. The minimum Gasteiger partial charge on any atom is -0.368 e. The molecule has 6 nitrogen and oxygen atoms in total. The predicted molar refractivity (Wildman–Crippen MR) is 89.8 cm³/mol. The van der Waals surface area contributed by atoms with Crippen molar-refractivity contribution in [2.75, 3.05) is 6.61 Å². The van der Waals surface area contributed by atoms with Crippen molar-refractivity contribution in [2.24, 2.45) is 0 Å². The third kappa shape index (κ3) is 4.46. The normalized spacial score (nSPS) is 31.8. The van der Waals surface area contributed by atoms with Gasteiger partial charge in [-0.25, -0.2) is 0 Å². The van der Waals surface area contributed by atoms with Gasteiger partial charge in [-0.05, 0) is 33.3 Å². The fourth-order valence-corrected chi connectivity index (χ4v) is 3.23. The smallest absolute Gasteiger partial charge is 0.164 e. The molecule has 2 aliphatic heterocycles. The minimum absolute atomic E-state index is 0.344. The summed E-state index contributed by atoms with van der Waals surface area (Å²) in [6.07, 6.45) is -1.33. The highest BCUT2D eigenvalue weighted by molar-refractivity contribution is 5.58. The molecular weight excluding hydrogens is 324 g/mol. The lowest BCUT2D eigenvalue weighted by Crippen LogP contribution is -2.47. The van der Waals surface area contributed by atoms with E-state index in [0.717, 1.165) is 11.8 Å². The van der Waals surface area contributed by atoms with Gasteiger partial charge in [-0.15, -0.1) is 0 Å². The van der Waals surface area contributed by atoms with E-state index in [9.17, 15) is 4.79 Å². The second kappa shape index (κ2) is 7.13. The summed E-state index contributed by atoms with van der Waals surface area (Å²) < 4.78 is 29.5. The molecule has 2 saturated heterocycles. The average molecular weight is 350 g/mol. The van der Waals surface area contributed by atoms with Gasteiger partial charge in [-0.3, -0.25) is 0 Å². The largest absolute Gasteiger partial charge is 0.368 e. The lowest BCUT2D eigenvalue weighted by atomic mass is 10.0. The van der Waals surface area contributed by atoms with Gasteiger partial charge in [-0.2, -0.15) is 0 Å². The molecule has 138 valence electrons. The fraction of sp³-hybridized carbons (Fsp3) is 0.632. The molecule has 2 aliphatic rings. The molecule has 1 aromatic carbocycles. The number of hydrogen-bond acceptors (Lipinski definition) is 6. The standard InChI is InChI=1S/C19H26O6/c1-18(2)22-12-15(24-18)16(21-11-13-8-6-5-7-9-13)17-14(10-20)23-19(3,4)25-17/h5-10,14-17H,11-12H2,1-4H3/t14-,15+,16-,17-/m1/s1. The second-order valence-corrected chi connectivity index (χ2v) is 7.33. The first-order valence-corrected chi connectivity index (χ1v) is 8.58. The predicted octanol–water partition coefficient (Wildman–Crippen LogP) is 2.44. The first-order chi connectivity index (χ1) is 11.8. The Morgan fingerprint density at radius 3 is 2.44 bits per heavy atom. The van der Waals surface area contributed by atoms with Crippen LogP contribution in [0.3, 0.4) is 0 Å². The second-order valence-electron chi connectivity index (χ2n) is 7.33. The molecule has 0 radical (unpaired) electrons. The van der Waals surface area contributed by atoms with Gasteiger partial charge in [0, 0.05) is 0 Å². The van der Waals surface area contributed by atoms with Gasteiger partial charge < -0.3 is 28.5 Å². The van der Waals surface area contributed by atoms with Crippen LogP contribution in [0.5, 0.6) is 0 Å². The summed E-state index contributed by atoms with van der Waals surface area (Å²) >= 11 is 0. The van der Waals surface area contributed by atoms with Crippen molar-refractivity contribution >= 4 is 6.29 Å². The fourth-order valence-electron chi connectivity index (χ4n) is 3.23. The molecule has 0 aliphatic carbocycles. The summed E-state index contributed by atoms with van der Waals surface area (Å²) in [7, 11) is 0. The number of benzene rings is 1. The maximum absolute atomic E-state index is 11.5. The van der Waals surface area contributed by atoms with Crippen molar-refractivity contribution in [3.8, 4) is 0 Å². The van der Waals surface area contributed by atoms with Crippen molar-refractivity contribution in [3.05, 3.63) is 35.9 Å². The van der Waals surface area contributed by atoms with Crippen LogP contribution in [0.1, 0.15) is 33.3 Å². The summed E-state index contributed by atoms with van der Waals surface area (Å²) in [6, 6.07) is 9.84. The third-order valence-corrected chi connectivity index (χ3v) is 4.30. The topological polar surface area (TPSA) is 63.2 Å². The van der Waals surface area contributed by atoms with Gasteiger partial charge in [0.15, 0.2) is 17.9 Å². The highest BCUT2D eigenvalue weighted by atomic mass is 16.8. The van der Waals surface area contributed by atoms with E-state index in [1.165, 1.54) is 0 Å². The molecule has 0 amide bonds. The van der Waals surface area contributed by atoms with Crippen LogP contribution in [-0.2, 0) is 35.1 Å². The minimum atomic E-state index is -0.848. The van der Waals surface area contributed by atoms with Gasteiger partial charge in [0.25, 0.3) is 0 Å². The van der Waals surface area contributed by atoms with E-state index in [0.29, 0.717) is 13.2 Å². The van der Waals surface area contributed by atoms with E-state index in [-0.39, 0.29) is 6.10 Å². The van der Waals surface area contributed by atoms with Crippen LogP contribution in [-0.4, -0.2) is 48.9 Å². The molecule has 0 aromatic heterocycles. The molecule has 25 heavy (non-hydrogen) atoms. The van der Waals surface area contributed by atoms with Crippen molar-refractivity contribution in [3.63, 3.8) is 0 Å². The molecule has 0 unspecified atom stereocenters. The molecule has 0 spiro atoms. The Labute approximate surface area is 148 Å². The van der Waals surface area contributed by atoms with Crippen LogP contribution in [0, 0.1) is 0 Å². The van der Waals surface area contributed by atoms with Crippen molar-refractivity contribution < 1.29 is 28.5 Å². The zero-order valence-corrected chi connectivity index (χ0v) is 15.1. The number of ether oxygens (including phenoxy) is 5. The summed E-state index contributed by atoms with van der Waals surface area (Å²) in [5, 5.41) is 0. The molecule has 0 bridgehead atoms. The summed E-state index contributed by atoms with van der Waals surface area (Å²) in [4.78, 5) is 11.5. The van der Waals surface area contributed by atoms with Crippen LogP contribution >= 0.6 is 0 Å². The number of rotatable bonds is 6. The van der Waals surface area contributed by atoms with Gasteiger partial charge in [0.2, 0.25) is 0 Å². The van der Waals surface area contributed by atoms with Crippen LogP contribution in [0.4, 0.5) is 0 Å². The van der Waals surface area contributed by atoms with Crippen molar-refractivity contribution in [1.82, 2.24) is 0 Å². The lowest BCUT2D eigenvalue weighted by Gasteiger charge is -2.30. The number of hydrogen-bond donors (Lipinski definition) is 0. The van der Waals surface area contributed by atoms with Gasteiger partial charge in [0.05, 0.1) is 13.2 Å². The first-order valence-electron chi connectivity index (χ1n) is 8.58. The van der Waals surface area contributed by atoms with E-state index in [1.807, 2.05) is 44.2 Å². The molecule has 1 aromatic rings. The number of carbonyl (C=O) groups excluding carboxylic acids is 1. The maximum atomic E-state index is 11.5. The molecule has 0 N–H and O–H groups in total. The van der Waals surface area contributed by atoms with E-state index in [1.54, 1.807) is 13.8 Å². The lowest BCUT2D eigenvalue weighted by molar-refractivity contribution is -0.190. The van der Waals surface area contributed by atoms with Crippen LogP contribution in [0.2, 0.25) is 0 Å². The highest BCUT2D eigenvalue weighted by Crippen LogP contribution is 2.35. The Bertz CT molecular complexity index is 585. The summed E-state index contributed by atoms with van der Waals surface area (Å²) in [5.41, 5.74) is 1.03. The zero-order valence-electron chi connectivity index (χ0n) is 15.1. The van der Waals surface area contributed by atoms with Crippen LogP contribution in [0.25, 0.3) is 0 Å². The highest BCUT2D eigenvalue weighted by Gasteiger charge is 2.51. The van der Waals surface area contributed by atoms with Gasteiger partial charge >= 0.3 is 0 Å². The van der Waals surface area contributed by atoms with E-state index in [2.05, 4.69) is 0 Å². The monoisotopic (exact) mass is 350 g/mol. The Balaban J connectivity index is 1.78. The molecule has 3 rings (SSSR count). The molecular formula is C19H26O6. The summed E-state index contributed by atoms with van der Waals surface area (Å²) in [5.74, 6) is -1.54. The van der Waals surface area contributed by atoms with Crippen LogP contribution in [0.15, 0.2) is 30.3 Å². The zero-order chi connectivity index (χ0) is 18.1. The molecule has 6 heteroatoms.